The van der Waals surface area contributed by atoms with E-state index >= 15 is 0 Å². The molecule has 154 valence electrons. The van der Waals surface area contributed by atoms with E-state index in [4.69, 9.17) is 9.47 Å². The minimum atomic E-state index is -0.186. The van der Waals surface area contributed by atoms with Crippen LogP contribution in [0.15, 0.2) is 53.1 Å². The lowest BCUT2D eigenvalue weighted by Crippen LogP contribution is -2.47. The third kappa shape index (κ3) is 3.59. The SMILES string of the molecule is COc1ccc(N2CSC3=C(C#N)C(c4ccc(C)cc4)CC(=O)N3C2)cc1OC. The Morgan fingerprint density at radius 2 is 1.83 bits per heavy atom. The summed E-state index contributed by atoms with van der Waals surface area (Å²) in [5.74, 6) is 1.79. The zero-order valence-electron chi connectivity index (χ0n) is 17.2. The number of carbonyl (C=O) groups is 1. The summed E-state index contributed by atoms with van der Waals surface area (Å²) < 4.78 is 10.7. The van der Waals surface area contributed by atoms with Crippen molar-refractivity contribution in [3.05, 3.63) is 64.2 Å². The van der Waals surface area contributed by atoms with Gasteiger partial charge in [0, 0.05) is 24.1 Å². The van der Waals surface area contributed by atoms with Gasteiger partial charge in [-0.05, 0) is 24.6 Å². The highest BCUT2D eigenvalue weighted by Gasteiger charge is 2.38. The van der Waals surface area contributed by atoms with Gasteiger partial charge in [-0.25, -0.2) is 0 Å². The molecular formula is C23H23N3O3S. The number of nitrogens with zero attached hydrogens (tertiary/aromatic N) is 3. The number of methoxy groups -OCH3 is 2. The van der Waals surface area contributed by atoms with Crippen LogP contribution >= 0.6 is 11.8 Å². The fourth-order valence-corrected chi connectivity index (χ4v) is 5.00. The van der Waals surface area contributed by atoms with E-state index < -0.39 is 0 Å². The van der Waals surface area contributed by atoms with Crippen LogP contribution in [-0.4, -0.2) is 37.6 Å². The molecule has 1 amide bonds. The molecule has 2 aromatic carbocycles. The summed E-state index contributed by atoms with van der Waals surface area (Å²) in [6.07, 6.45) is 0.301. The Bertz CT molecular complexity index is 1040. The number of ether oxygens (including phenoxy) is 2. The van der Waals surface area contributed by atoms with Crippen LogP contribution < -0.4 is 14.4 Å². The smallest absolute Gasteiger partial charge is 0.229 e. The van der Waals surface area contributed by atoms with Crippen LogP contribution in [0, 0.1) is 18.3 Å². The van der Waals surface area contributed by atoms with Gasteiger partial charge in [0.2, 0.25) is 5.91 Å². The van der Waals surface area contributed by atoms with Crippen LogP contribution in [0.25, 0.3) is 0 Å². The van der Waals surface area contributed by atoms with Crippen LogP contribution in [0.3, 0.4) is 0 Å². The van der Waals surface area contributed by atoms with Gasteiger partial charge in [-0.15, -0.1) is 0 Å². The van der Waals surface area contributed by atoms with Crippen LogP contribution in [0.2, 0.25) is 0 Å². The topological polar surface area (TPSA) is 65.8 Å². The van der Waals surface area contributed by atoms with E-state index in [0.29, 0.717) is 36.0 Å². The molecule has 1 unspecified atom stereocenters. The Morgan fingerprint density at radius 1 is 1.10 bits per heavy atom. The molecule has 0 aliphatic carbocycles. The van der Waals surface area contributed by atoms with Crippen molar-refractivity contribution in [2.45, 2.75) is 19.3 Å². The van der Waals surface area contributed by atoms with E-state index in [9.17, 15) is 10.1 Å². The minimum absolute atomic E-state index is 0.0345. The molecule has 2 aromatic rings. The first kappa shape index (κ1) is 20.2. The molecule has 7 heteroatoms. The molecule has 0 bridgehead atoms. The highest BCUT2D eigenvalue weighted by atomic mass is 32.2. The Labute approximate surface area is 180 Å². The van der Waals surface area contributed by atoms with Gasteiger partial charge in [-0.1, -0.05) is 41.6 Å². The molecule has 0 saturated carbocycles. The third-order valence-electron chi connectivity index (χ3n) is 5.51. The predicted octanol–water partition coefficient (Wildman–Crippen LogP) is 4.23. The van der Waals surface area contributed by atoms with Gasteiger partial charge in [0.15, 0.2) is 11.5 Å². The van der Waals surface area contributed by atoms with Crippen LogP contribution in [0.1, 0.15) is 23.5 Å². The predicted molar refractivity (Wildman–Crippen MR) is 117 cm³/mol. The quantitative estimate of drug-likeness (QED) is 0.736. The standard InChI is InChI=1S/C23H23N3O3S/c1-15-4-6-16(7-5-15)18-11-22(27)26-13-25(14-30-23(26)19(18)12-24)17-8-9-20(28-2)21(10-17)29-3/h4-10,18H,11,13-14H2,1-3H3. The number of nitriles is 1. The first-order chi connectivity index (χ1) is 14.5. The number of thioether (sulfide) groups is 1. The van der Waals surface area contributed by atoms with Crippen molar-refractivity contribution < 1.29 is 14.3 Å². The summed E-state index contributed by atoms with van der Waals surface area (Å²) in [5.41, 5.74) is 3.79. The van der Waals surface area contributed by atoms with E-state index in [1.807, 2.05) is 49.4 Å². The number of rotatable bonds is 4. The average molecular weight is 422 g/mol. The van der Waals surface area contributed by atoms with Gasteiger partial charge >= 0.3 is 0 Å². The van der Waals surface area contributed by atoms with Gasteiger partial charge in [0.25, 0.3) is 0 Å². The Morgan fingerprint density at radius 3 is 2.50 bits per heavy atom. The number of hydrogen-bond donors (Lipinski definition) is 0. The van der Waals surface area contributed by atoms with Crippen molar-refractivity contribution in [1.29, 1.82) is 5.26 Å². The van der Waals surface area contributed by atoms with E-state index in [-0.39, 0.29) is 11.8 Å². The molecule has 2 heterocycles. The lowest BCUT2D eigenvalue weighted by atomic mass is 9.86. The second-order valence-electron chi connectivity index (χ2n) is 7.31. The van der Waals surface area contributed by atoms with Gasteiger partial charge in [-0.3, -0.25) is 9.69 Å². The fourth-order valence-electron chi connectivity index (χ4n) is 3.83. The lowest BCUT2D eigenvalue weighted by Gasteiger charge is -2.42. The number of carbonyl (C=O) groups excluding carboxylic acids is 1. The summed E-state index contributed by atoms with van der Waals surface area (Å²) in [7, 11) is 3.21. The van der Waals surface area contributed by atoms with Crippen LogP contribution in [0.4, 0.5) is 5.69 Å². The van der Waals surface area contributed by atoms with Crippen molar-refractivity contribution in [3.63, 3.8) is 0 Å². The van der Waals surface area contributed by atoms with Crippen molar-refractivity contribution in [1.82, 2.24) is 4.90 Å². The van der Waals surface area contributed by atoms with Crippen molar-refractivity contribution >= 4 is 23.4 Å². The molecule has 1 saturated heterocycles. The lowest BCUT2D eigenvalue weighted by molar-refractivity contribution is -0.129. The molecule has 6 nitrogen and oxygen atoms in total. The Balaban J connectivity index is 1.64. The largest absolute Gasteiger partial charge is 0.493 e. The van der Waals surface area contributed by atoms with Gasteiger partial charge in [-0.2, -0.15) is 5.26 Å². The molecular weight excluding hydrogens is 398 g/mol. The minimum Gasteiger partial charge on any atom is -0.493 e. The molecule has 2 aliphatic rings. The second kappa shape index (κ2) is 8.33. The molecule has 4 rings (SSSR count). The van der Waals surface area contributed by atoms with Crippen molar-refractivity contribution in [2.24, 2.45) is 0 Å². The maximum atomic E-state index is 13.0. The Kier molecular flexibility index (Phi) is 5.60. The highest BCUT2D eigenvalue weighted by molar-refractivity contribution is 8.03. The summed E-state index contributed by atoms with van der Waals surface area (Å²) in [4.78, 5) is 16.9. The summed E-state index contributed by atoms with van der Waals surface area (Å²) >= 11 is 1.53. The maximum absolute atomic E-state index is 13.0. The van der Waals surface area contributed by atoms with E-state index in [1.165, 1.54) is 11.8 Å². The van der Waals surface area contributed by atoms with Gasteiger partial charge < -0.3 is 14.4 Å². The zero-order valence-corrected chi connectivity index (χ0v) is 18.0. The number of fused-ring (bicyclic) bond motifs is 1. The van der Waals surface area contributed by atoms with E-state index in [0.717, 1.165) is 21.8 Å². The van der Waals surface area contributed by atoms with Crippen LogP contribution in [0.5, 0.6) is 11.5 Å². The second-order valence-corrected chi connectivity index (χ2v) is 8.25. The summed E-state index contributed by atoms with van der Waals surface area (Å²) in [6, 6.07) is 16.2. The first-order valence-corrected chi connectivity index (χ1v) is 10.6. The van der Waals surface area contributed by atoms with Gasteiger partial charge in [0.1, 0.15) is 0 Å². The monoisotopic (exact) mass is 421 g/mol. The summed E-state index contributed by atoms with van der Waals surface area (Å²) in [6.45, 7) is 2.43. The molecule has 1 fully saturated rings. The average Bonchev–Trinajstić information content (AvgIpc) is 2.78. The number of benzene rings is 2. The summed E-state index contributed by atoms with van der Waals surface area (Å²) in [5, 5.41) is 10.7. The number of anilines is 1. The van der Waals surface area contributed by atoms with Crippen molar-refractivity contribution in [3.8, 4) is 17.6 Å². The molecule has 0 spiro atoms. The molecule has 0 aromatic heterocycles. The van der Waals surface area contributed by atoms with Crippen LogP contribution in [-0.2, 0) is 4.79 Å². The van der Waals surface area contributed by atoms with Gasteiger partial charge in [0.05, 0.1) is 43.4 Å². The molecule has 2 aliphatic heterocycles. The molecule has 1 atom stereocenters. The Hall–Kier alpha value is -3.11. The van der Waals surface area contributed by atoms with E-state index in [2.05, 4.69) is 11.0 Å². The van der Waals surface area contributed by atoms with E-state index in [1.54, 1.807) is 19.1 Å². The number of aryl methyl sites for hydroxylation is 1. The molecule has 0 radical (unpaired) electrons. The third-order valence-corrected chi connectivity index (χ3v) is 6.66. The number of hydrogen-bond acceptors (Lipinski definition) is 6. The van der Waals surface area contributed by atoms with Crippen molar-refractivity contribution in [2.75, 3.05) is 31.7 Å². The molecule has 30 heavy (non-hydrogen) atoms. The highest BCUT2D eigenvalue weighted by Crippen LogP contribution is 2.44. The number of amides is 1. The fraction of sp³-hybridized carbons (Fsp3) is 0.304. The molecule has 0 N–H and O–H groups in total. The number of allylic oxidation sites excluding steroid dienone is 1. The normalized spacial score (nSPS) is 18.7. The maximum Gasteiger partial charge on any atom is 0.229 e. The first-order valence-electron chi connectivity index (χ1n) is 9.66. The zero-order chi connectivity index (χ0) is 21.3.